The van der Waals surface area contributed by atoms with Crippen LogP contribution < -0.4 is 4.74 Å². The number of hydrogen-bond donors (Lipinski definition) is 1. The van der Waals surface area contributed by atoms with Crippen molar-refractivity contribution in [3.05, 3.63) is 18.2 Å². The Morgan fingerprint density at radius 3 is 2.55 bits per heavy atom. The Hall–Kier alpha value is -1.07. The molecule has 0 fully saturated rings. The summed E-state index contributed by atoms with van der Waals surface area (Å²) < 4.78 is 34.4. The fourth-order valence-electron chi connectivity index (χ4n) is 0.805. The molecule has 11 heavy (non-hydrogen) atoms. The van der Waals surface area contributed by atoms with Crippen molar-refractivity contribution in [1.29, 1.82) is 0 Å². The van der Waals surface area contributed by atoms with Gasteiger partial charge in [-0.3, -0.25) is 4.55 Å². The lowest BCUT2D eigenvalue weighted by molar-refractivity contribution is 0.483. The number of ether oxygens (including phenoxy) is 1. The molecule has 58 valence electrons. The van der Waals surface area contributed by atoms with Crippen molar-refractivity contribution >= 4 is 10.1 Å². The molecule has 0 saturated carbocycles. The third kappa shape index (κ3) is 1.08. The molecular formula is C6H4O4S. The van der Waals surface area contributed by atoms with Crippen LogP contribution in [-0.4, -0.2) is 13.0 Å². The summed E-state index contributed by atoms with van der Waals surface area (Å²) in [6.07, 6.45) is 0. The van der Waals surface area contributed by atoms with Crippen LogP contribution in [0.15, 0.2) is 23.1 Å². The van der Waals surface area contributed by atoms with E-state index in [0.29, 0.717) is 11.5 Å². The Morgan fingerprint density at radius 1 is 1.27 bits per heavy atom. The molecule has 0 radical (unpaired) electrons. The van der Waals surface area contributed by atoms with Crippen molar-refractivity contribution in [3.63, 3.8) is 0 Å². The highest BCUT2D eigenvalue weighted by Crippen LogP contribution is 2.45. The van der Waals surface area contributed by atoms with E-state index in [2.05, 4.69) is 0 Å². The van der Waals surface area contributed by atoms with Gasteiger partial charge in [0.1, 0.15) is 0 Å². The van der Waals surface area contributed by atoms with Crippen molar-refractivity contribution in [2.75, 3.05) is 0 Å². The molecule has 4 nitrogen and oxygen atoms in total. The topological polar surface area (TPSA) is 66.9 Å². The summed E-state index contributed by atoms with van der Waals surface area (Å²) >= 11 is 0. The van der Waals surface area contributed by atoms with Crippen LogP contribution in [0.1, 0.15) is 0 Å². The molecule has 1 aromatic rings. The molecule has 0 aromatic heterocycles. The SMILES string of the molecule is O=S(=O)(O)c1ccc2c(c1)O2. The summed E-state index contributed by atoms with van der Waals surface area (Å²) in [5.41, 5.74) is 0. The standard InChI is InChI=1S/C6H4O4S/c7-11(8,9)4-1-2-5-6(3-4)10-5/h1-3H,(H,7,8,9). The van der Waals surface area contributed by atoms with Crippen molar-refractivity contribution in [2.24, 2.45) is 0 Å². The third-order valence-corrected chi connectivity index (χ3v) is 2.24. The first-order chi connectivity index (χ1) is 5.07. The maximum atomic E-state index is 10.5. The molecule has 1 aliphatic rings. The highest BCUT2D eigenvalue weighted by atomic mass is 32.2. The summed E-state index contributed by atoms with van der Waals surface area (Å²) in [7, 11) is -4.07. The lowest BCUT2D eigenvalue weighted by atomic mass is 10.4. The molecule has 1 N–H and O–H groups in total. The first-order valence-corrected chi connectivity index (χ1v) is 4.31. The first-order valence-electron chi connectivity index (χ1n) is 2.87. The van der Waals surface area contributed by atoms with Gasteiger partial charge in [-0.15, -0.1) is 0 Å². The number of benzene rings is 1. The van der Waals surface area contributed by atoms with Crippen LogP contribution in [0.3, 0.4) is 0 Å². The highest BCUT2D eigenvalue weighted by molar-refractivity contribution is 7.85. The van der Waals surface area contributed by atoms with E-state index < -0.39 is 10.1 Å². The summed E-state index contributed by atoms with van der Waals surface area (Å²) in [6.45, 7) is 0. The second-order valence-electron chi connectivity index (χ2n) is 2.19. The second kappa shape index (κ2) is 1.75. The van der Waals surface area contributed by atoms with Gasteiger partial charge < -0.3 is 4.74 Å². The Bertz CT molecular complexity index is 407. The third-order valence-electron chi connectivity index (χ3n) is 1.39. The minimum absolute atomic E-state index is 0.131. The molecule has 2 rings (SSSR count). The average Bonchev–Trinajstić information content (AvgIpc) is 2.60. The van der Waals surface area contributed by atoms with Gasteiger partial charge in [0.2, 0.25) is 0 Å². The molecule has 5 heteroatoms. The van der Waals surface area contributed by atoms with E-state index in [1.54, 1.807) is 0 Å². The van der Waals surface area contributed by atoms with Crippen molar-refractivity contribution < 1.29 is 17.7 Å². The summed E-state index contributed by atoms with van der Waals surface area (Å²) in [5, 5.41) is 0. The van der Waals surface area contributed by atoms with Crippen LogP contribution in [-0.2, 0) is 10.1 Å². The largest absolute Gasteiger partial charge is 0.449 e. The van der Waals surface area contributed by atoms with Crippen molar-refractivity contribution in [2.45, 2.75) is 4.90 Å². The molecule has 1 heterocycles. The molecule has 0 spiro atoms. The zero-order valence-corrected chi connectivity index (χ0v) is 6.13. The van der Waals surface area contributed by atoms with Crippen LogP contribution in [0.25, 0.3) is 0 Å². The zero-order chi connectivity index (χ0) is 8.06. The van der Waals surface area contributed by atoms with E-state index in [0.717, 1.165) is 0 Å². The van der Waals surface area contributed by atoms with Gasteiger partial charge in [-0.05, 0) is 12.1 Å². The van der Waals surface area contributed by atoms with E-state index in [1.807, 2.05) is 0 Å². The number of fused-ring (bicyclic) bond motifs is 1. The van der Waals surface area contributed by atoms with Gasteiger partial charge in [-0.2, -0.15) is 8.42 Å². The predicted octanol–water partition coefficient (Wildman–Crippen LogP) is 1.04. The fourth-order valence-corrected chi connectivity index (χ4v) is 1.30. The number of hydrogen-bond acceptors (Lipinski definition) is 3. The molecule has 0 saturated heterocycles. The normalized spacial score (nSPS) is 13.5. The van der Waals surface area contributed by atoms with E-state index in [-0.39, 0.29) is 4.90 Å². The quantitative estimate of drug-likeness (QED) is 0.515. The van der Waals surface area contributed by atoms with Crippen molar-refractivity contribution in [1.82, 2.24) is 0 Å². The second-order valence-corrected chi connectivity index (χ2v) is 3.61. The summed E-state index contributed by atoms with van der Waals surface area (Å²) in [6, 6.07) is 4.07. The average molecular weight is 172 g/mol. The van der Waals surface area contributed by atoms with Crippen LogP contribution in [0.2, 0.25) is 0 Å². The smallest absolute Gasteiger partial charge is 0.294 e. The molecular weight excluding hydrogens is 168 g/mol. The Morgan fingerprint density at radius 2 is 2.00 bits per heavy atom. The van der Waals surface area contributed by atoms with Gasteiger partial charge >= 0.3 is 0 Å². The lowest BCUT2D eigenvalue weighted by Gasteiger charge is -1.89. The maximum absolute atomic E-state index is 10.5. The molecule has 0 atom stereocenters. The van der Waals surface area contributed by atoms with Gasteiger partial charge in [0.25, 0.3) is 10.1 Å². The van der Waals surface area contributed by atoms with Gasteiger partial charge in [-0.25, -0.2) is 0 Å². The molecule has 1 aromatic carbocycles. The first kappa shape index (κ1) is 6.63. The highest BCUT2D eigenvalue weighted by Gasteiger charge is 2.22. The monoisotopic (exact) mass is 172 g/mol. The van der Waals surface area contributed by atoms with Gasteiger partial charge in [0.15, 0.2) is 11.5 Å². The van der Waals surface area contributed by atoms with Crippen molar-refractivity contribution in [3.8, 4) is 11.5 Å². The predicted molar refractivity (Wildman–Crippen MR) is 36.3 cm³/mol. The van der Waals surface area contributed by atoms with Gasteiger partial charge in [0, 0.05) is 6.07 Å². The Balaban J connectivity index is 2.59. The van der Waals surface area contributed by atoms with E-state index >= 15 is 0 Å². The molecule has 0 aliphatic carbocycles. The molecule has 0 unspecified atom stereocenters. The summed E-state index contributed by atoms with van der Waals surface area (Å²) in [5.74, 6) is 1.18. The Kier molecular flexibility index (Phi) is 1.05. The van der Waals surface area contributed by atoms with Gasteiger partial charge in [0.05, 0.1) is 4.90 Å². The lowest BCUT2D eigenvalue weighted by Crippen LogP contribution is -1.95. The maximum Gasteiger partial charge on any atom is 0.294 e. The summed E-state index contributed by atoms with van der Waals surface area (Å²) in [4.78, 5) is -0.131. The fraction of sp³-hybridized carbons (Fsp3) is 0. The van der Waals surface area contributed by atoms with E-state index in [4.69, 9.17) is 9.29 Å². The van der Waals surface area contributed by atoms with E-state index in [9.17, 15) is 8.42 Å². The Labute approximate surface area is 63.2 Å². The minimum Gasteiger partial charge on any atom is -0.449 e. The van der Waals surface area contributed by atoms with Crippen LogP contribution in [0.5, 0.6) is 11.5 Å². The van der Waals surface area contributed by atoms with Crippen LogP contribution in [0.4, 0.5) is 0 Å². The molecule has 0 amide bonds. The molecule has 0 bridgehead atoms. The zero-order valence-electron chi connectivity index (χ0n) is 5.31. The van der Waals surface area contributed by atoms with Crippen LogP contribution >= 0.6 is 0 Å². The van der Waals surface area contributed by atoms with E-state index in [1.165, 1.54) is 18.2 Å². The minimum atomic E-state index is -4.07. The van der Waals surface area contributed by atoms with Gasteiger partial charge in [-0.1, -0.05) is 0 Å². The molecule has 1 aliphatic heterocycles. The van der Waals surface area contributed by atoms with Crippen LogP contribution in [0, 0.1) is 0 Å². The number of rotatable bonds is 1.